The second-order valence-corrected chi connectivity index (χ2v) is 7.51. The maximum atomic E-state index is 12.8. The van der Waals surface area contributed by atoms with Gasteiger partial charge in [-0.2, -0.15) is 0 Å². The summed E-state index contributed by atoms with van der Waals surface area (Å²) in [6.45, 7) is 4.61. The molecule has 1 fully saturated rings. The molecule has 5 nitrogen and oxygen atoms in total. The summed E-state index contributed by atoms with van der Waals surface area (Å²) in [6.07, 6.45) is 9.40. The minimum atomic E-state index is -0.00168. The van der Waals surface area contributed by atoms with Crippen LogP contribution in [0.1, 0.15) is 68.1 Å². The van der Waals surface area contributed by atoms with E-state index in [1.54, 1.807) is 0 Å². The van der Waals surface area contributed by atoms with E-state index in [1.807, 2.05) is 36.6 Å². The molecule has 1 saturated carbocycles. The largest absolute Gasteiger partial charge is 0.489 e. The molecule has 2 aromatic rings. The number of nitrogens with zero attached hydrogens (tertiary/aromatic N) is 2. The number of carbonyl (C=O) groups excluding carboxylic acids is 1. The third-order valence-corrected chi connectivity index (χ3v) is 5.56. The first-order valence-corrected chi connectivity index (χ1v) is 9.88. The molecule has 0 aliphatic heterocycles. The van der Waals surface area contributed by atoms with Gasteiger partial charge < -0.3 is 9.84 Å². The molecule has 1 atom stereocenters. The lowest BCUT2D eigenvalue weighted by Gasteiger charge is -2.21. The average Bonchev–Trinajstić information content (AvgIpc) is 3.01. The molecule has 1 N–H and O–H groups in total. The SMILES string of the molecule is CC[C@H](CO)CC(=O)c1c(C)nc2c(OCC3CCCCC3)cccn12. The number of aliphatic hydroxyl groups excluding tert-OH is 1. The molecule has 2 aromatic heterocycles. The number of ketones is 1. The number of imidazole rings is 1. The van der Waals surface area contributed by atoms with Gasteiger partial charge in [0.25, 0.3) is 0 Å². The van der Waals surface area contributed by atoms with E-state index < -0.39 is 0 Å². The highest BCUT2D eigenvalue weighted by molar-refractivity contribution is 5.96. The van der Waals surface area contributed by atoms with Gasteiger partial charge in [0.2, 0.25) is 0 Å². The van der Waals surface area contributed by atoms with Crippen LogP contribution in [0.4, 0.5) is 0 Å². The fourth-order valence-electron chi connectivity index (χ4n) is 3.86. The van der Waals surface area contributed by atoms with E-state index in [9.17, 15) is 9.90 Å². The molecule has 1 aliphatic rings. The Morgan fingerprint density at radius 1 is 1.38 bits per heavy atom. The number of carbonyl (C=O) groups is 1. The highest BCUT2D eigenvalue weighted by Gasteiger charge is 2.22. The highest BCUT2D eigenvalue weighted by Crippen LogP contribution is 2.27. The number of Topliss-reactive ketones (excluding diaryl/α,β-unsaturated/α-hetero) is 1. The zero-order chi connectivity index (χ0) is 18.5. The molecular weight excluding hydrogens is 328 g/mol. The van der Waals surface area contributed by atoms with Gasteiger partial charge in [0.1, 0.15) is 5.69 Å². The van der Waals surface area contributed by atoms with E-state index in [2.05, 4.69) is 4.98 Å². The monoisotopic (exact) mass is 358 g/mol. The minimum absolute atomic E-state index is 0.00168. The van der Waals surface area contributed by atoms with Gasteiger partial charge >= 0.3 is 0 Å². The van der Waals surface area contributed by atoms with Crippen molar-refractivity contribution in [3.05, 3.63) is 29.7 Å². The summed E-state index contributed by atoms with van der Waals surface area (Å²) in [7, 11) is 0. The van der Waals surface area contributed by atoms with E-state index in [1.165, 1.54) is 32.1 Å². The van der Waals surface area contributed by atoms with Crippen LogP contribution in [0.2, 0.25) is 0 Å². The Balaban J connectivity index is 1.81. The molecule has 0 spiro atoms. The van der Waals surface area contributed by atoms with Crippen molar-refractivity contribution in [2.45, 2.75) is 58.8 Å². The van der Waals surface area contributed by atoms with Crippen LogP contribution in [0.15, 0.2) is 18.3 Å². The zero-order valence-corrected chi connectivity index (χ0v) is 15.9. The normalized spacial score (nSPS) is 16.7. The molecule has 142 valence electrons. The molecule has 0 radical (unpaired) electrons. The second-order valence-electron chi connectivity index (χ2n) is 7.51. The van der Waals surface area contributed by atoms with Gasteiger partial charge in [-0.1, -0.05) is 32.6 Å². The van der Waals surface area contributed by atoms with Crippen molar-refractivity contribution in [3.8, 4) is 5.75 Å². The van der Waals surface area contributed by atoms with Crippen LogP contribution in [0.5, 0.6) is 5.75 Å². The smallest absolute Gasteiger partial charge is 0.181 e. The lowest BCUT2D eigenvalue weighted by molar-refractivity contribution is 0.0927. The van der Waals surface area contributed by atoms with Crippen LogP contribution in [0.3, 0.4) is 0 Å². The summed E-state index contributed by atoms with van der Waals surface area (Å²) in [5.74, 6) is 1.39. The van der Waals surface area contributed by atoms with Gasteiger partial charge in [-0.05, 0) is 43.7 Å². The van der Waals surface area contributed by atoms with E-state index in [4.69, 9.17) is 4.74 Å². The van der Waals surface area contributed by atoms with Crippen molar-refractivity contribution >= 4 is 11.4 Å². The Morgan fingerprint density at radius 3 is 2.85 bits per heavy atom. The predicted octanol–water partition coefficient (Wildman–Crippen LogP) is 4.19. The maximum absolute atomic E-state index is 12.8. The van der Waals surface area contributed by atoms with Crippen molar-refractivity contribution in [2.24, 2.45) is 11.8 Å². The average molecular weight is 358 g/mol. The number of rotatable bonds is 8. The van der Waals surface area contributed by atoms with Crippen LogP contribution in [0, 0.1) is 18.8 Å². The molecular formula is C21H30N2O3. The van der Waals surface area contributed by atoms with Gasteiger partial charge in [0.05, 0.1) is 12.3 Å². The highest BCUT2D eigenvalue weighted by atomic mass is 16.5. The van der Waals surface area contributed by atoms with E-state index in [0.717, 1.165) is 24.5 Å². The number of aliphatic hydroxyl groups is 1. The second kappa shape index (κ2) is 8.67. The topological polar surface area (TPSA) is 63.8 Å². The first kappa shape index (κ1) is 18.9. The van der Waals surface area contributed by atoms with Crippen LogP contribution >= 0.6 is 0 Å². The molecule has 26 heavy (non-hydrogen) atoms. The fourth-order valence-corrected chi connectivity index (χ4v) is 3.86. The molecule has 2 heterocycles. The van der Waals surface area contributed by atoms with Crippen LogP contribution < -0.4 is 4.74 Å². The van der Waals surface area contributed by atoms with Crippen molar-refractivity contribution in [1.29, 1.82) is 0 Å². The number of hydrogen-bond donors (Lipinski definition) is 1. The summed E-state index contributed by atoms with van der Waals surface area (Å²) < 4.78 is 7.94. The summed E-state index contributed by atoms with van der Waals surface area (Å²) >= 11 is 0. The van der Waals surface area contributed by atoms with Gasteiger partial charge in [-0.3, -0.25) is 9.20 Å². The van der Waals surface area contributed by atoms with Gasteiger partial charge in [0.15, 0.2) is 17.2 Å². The summed E-state index contributed by atoms with van der Waals surface area (Å²) in [6, 6.07) is 3.84. The zero-order valence-electron chi connectivity index (χ0n) is 15.9. The Labute approximate surface area is 155 Å². The molecule has 5 heteroatoms. The van der Waals surface area contributed by atoms with Crippen LogP contribution in [0.25, 0.3) is 5.65 Å². The van der Waals surface area contributed by atoms with Crippen LogP contribution in [-0.2, 0) is 0 Å². The lowest BCUT2D eigenvalue weighted by Crippen LogP contribution is -2.16. The summed E-state index contributed by atoms with van der Waals surface area (Å²) in [5, 5.41) is 9.40. The standard InChI is InChI=1S/C21H30N2O3/c1-3-16(13-24)12-18(25)20-15(2)22-21-19(10-7-11-23(20)21)26-14-17-8-5-4-6-9-17/h7,10-11,16-17,24H,3-6,8-9,12-14H2,1-2H3/t16-/m0/s1. The van der Waals surface area contributed by atoms with Gasteiger partial charge in [-0.25, -0.2) is 4.98 Å². The maximum Gasteiger partial charge on any atom is 0.181 e. The van der Waals surface area contributed by atoms with Crippen molar-refractivity contribution < 1.29 is 14.6 Å². The lowest BCUT2D eigenvalue weighted by atomic mass is 9.90. The Bertz CT molecular complexity index is 743. The Hall–Kier alpha value is -1.88. The van der Waals surface area contributed by atoms with E-state index >= 15 is 0 Å². The Kier molecular flexibility index (Phi) is 6.30. The minimum Gasteiger partial charge on any atom is -0.489 e. The Morgan fingerprint density at radius 2 is 2.15 bits per heavy atom. The molecule has 0 unspecified atom stereocenters. The number of fused-ring (bicyclic) bond motifs is 1. The van der Waals surface area contributed by atoms with Crippen molar-refractivity contribution in [2.75, 3.05) is 13.2 Å². The molecule has 3 rings (SSSR count). The molecule has 0 aromatic carbocycles. The molecule has 1 aliphatic carbocycles. The number of aromatic nitrogens is 2. The first-order chi connectivity index (χ1) is 12.6. The van der Waals surface area contributed by atoms with E-state index in [-0.39, 0.29) is 18.3 Å². The third-order valence-electron chi connectivity index (χ3n) is 5.56. The molecule has 0 bridgehead atoms. The quantitative estimate of drug-likeness (QED) is 0.719. The molecule has 0 amide bonds. The number of aryl methyl sites for hydroxylation is 1. The van der Waals surface area contributed by atoms with Crippen molar-refractivity contribution in [3.63, 3.8) is 0 Å². The fraction of sp³-hybridized carbons (Fsp3) is 0.619. The number of ether oxygens (including phenoxy) is 1. The van der Waals surface area contributed by atoms with Gasteiger partial charge in [0, 0.05) is 19.2 Å². The first-order valence-electron chi connectivity index (χ1n) is 9.88. The summed E-state index contributed by atoms with van der Waals surface area (Å²) in [5.41, 5.74) is 2.03. The predicted molar refractivity (Wildman–Crippen MR) is 102 cm³/mol. The number of hydrogen-bond acceptors (Lipinski definition) is 4. The van der Waals surface area contributed by atoms with Crippen LogP contribution in [-0.4, -0.2) is 33.5 Å². The molecule has 0 saturated heterocycles. The summed E-state index contributed by atoms with van der Waals surface area (Å²) in [4.78, 5) is 17.4. The van der Waals surface area contributed by atoms with Crippen molar-refractivity contribution in [1.82, 2.24) is 9.38 Å². The number of pyridine rings is 1. The third kappa shape index (κ3) is 4.09. The van der Waals surface area contributed by atoms with E-state index in [0.29, 0.717) is 23.7 Å². The van der Waals surface area contributed by atoms with Gasteiger partial charge in [-0.15, -0.1) is 0 Å².